The van der Waals surface area contributed by atoms with Gasteiger partial charge in [0.25, 0.3) is 0 Å². The molecule has 0 amide bonds. The lowest BCUT2D eigenvalue weighted by Crippen LogP contribution is -2.26. The van der Waals surface area contributed by atoms with Crippen LogP contribution in [-0.4, -0.2) is 17.1 Å². The molecule has 0 bridgehead atoms. The molecule has 0 saturated heterocycles. The van der Waals surface area contributed by atoms with Crippen LogP contribution in [0.4, 0.5) is 5.69 Å². The van der Waals surface area contributed by atoms with Gasteiger partial charge in [-0.2, -0.15) is 4.99 Å². The SMILES string of the molecule is NC(N)=NC(N)=Nc1cnoc1. The van der Waals surface area contributed by atoms with E-state index in [9.17, 15) is 0 Å². The minimum atomic E-state index is -0.146. The van der Waals surface area contributed by atoms with Gasteiger partial charge in [-0.3, -0.25) is 0 Å². The zero-order chi connectivity index (χ0) is 8.97. The van der Waals surface area contributed by atoms with Gasteiger partial charge in [-0.25, -0.2) is 4.99 Å². The van der Waals surface area contributed by atoms with Crippen molar-refractivity contribution in [3.8, 4) is 0 Å². The molecule has 64 valence electrons. The maximum atomic E-state index is 5.30. The summed E-state index contributed by atoms with van der Waals surface area (Å²) >= 11 is 0. The van der Waals surface area contributed by atoms with Gasteiger partial charge in [0.05, 0.1) is 6.20 Å². The minimum absolute atomic E-state index is 0.0433. The Morgan fingerprint density at radius 2 is 2.17 bits per heavy atom. The number of aromatic nitrogens is 1. The average Bonchev–Trinajstić information content (AvgIpc) is 2.37. The molecule has 7 heteroatoms. The second-order valence-corrected chi connectivity index (χ2v) is 1.89. The van der Waals surface area contributed by atoms with Crippen molar-refractivity contribution in [1.82, 2.24) is 5.16 Å². The van der Waals surface area contributed by atoms with Crippen LogP contribution in [0, 0.1) is 0 Å². The monoisotopic (exact) mass is 168 g/mol. The first kappa shape index (κ1) is 8.05. The molecule has 1 rings (SSSR count). The minimum Gasteiger partial charge on any atom is -0.370 e. The van der Waals surface area contributed by atoms with Crippen LogP contribution in [0.2, 0.25) is 0 Å². The van der Waals surface area contributed by atoms with Crippen molar-refractivity contribution in [2.24, 2.45) is 27.2 Å². The molecule has 0 aliphatic heterocycles. The third kappa shape index (κ3) is 2.29. The topological polar surface area (TPSA) is 129 Å². The molecule has 1 aromatic rings. The molecule has 0 aliphatic carbocycles. The largest absolute Gasteiger partial charge is 0.370 e. The first-order valence-electron chi connectivity index (χ1n) is 3.01. The summed E-state index contributed by atoms with van der Waals surface area (Å²) in [4.78, 5) is 7.23. The molecule has 0 spiro atoms. The molecule has 0 aliphatic rings. The van der Waals surface area contributed by atoms with Gasteiger partial charge < -0.3 is 21.7 Å². The third-order valence-corrected chi connectivity index (χ3v) is 0.907. The maximum Gasteiger partial charge on any atom is 0.223 e. The van der Waals surface area contributed by atoms with Crippen LogP contribution in [0.25, 0.3) is 0 Å². The molecule has 0 fully saturated rings. The van der Waals surface area contributed by atoms with E-state index >= 15 is 0 Å². The van der Waals surface area contributed by atoms with Crippen LogP contribution < -0.4 is 17.2 Å². The number of nitrogens with two attached hydrogens (primary N) is 3. The summed E-state index contributed by atoms with van der Waals surface area (Å²) in [6.07, 6.45) is 2.70. The molecule has 12 heavy (non-hydrogen) atoms. The van der Waals surface area contributed by atoms with E-state index in [-0.39, 0.29) is 11.9 Å². The number of hydrogen-bond donors (Lipinski definition) is 3. The van der Waals surface area contributed by atoms with Crippen LogP contribution in [0.5, 0.6) is 0 Å². The Morgan fingerprint density at radius 3 is 2.67 bits per heavy atom. The molecule has 0 radical (unpaired) electrons. The lowest BCUT2D eigenvalue weighted by Gasteiger charge is -1.90. The molecule has 0 atom stereocenters. The molecule has 0 saturated carbocycles. The van der Waals surface area contributed by atoms with Crippen molar-refractivity contribution in [2.75, 3.05) is 0 Å². The molecular weight excluding hydrogens is 160 g/mol. The highest BCUT2D eigenvalue weighted by Gasteiger charge is 1.93. The Kier molecular flexibility index (Phi) is 2.26. The number of hydrogen-bond acceptors (Lipinski definition) is 3. The normalized spacial score (nSPS) is 11.2. The van der Waals surface area contributed by atoms with Crippen molar-refractivity contribution in [1.29, 1.82) is 0 Å². The Balaban J connectivity index is 2.77. The van der Waals surface area contributed by atoms with Crippen molar-refractivity contribution in [3.63, 3.8) is 0 Å². The van der Waals surface area contributed by atoms with Crippen LogP contribution in [0.3, 0.4) is 0 Å². The highest BCUT2D eigenvalue weighted by Crippen LogP contribution is 2.07. The maximum absolute atomic E-state index is 5.30. The number of aliphatic imine (C=N–C) groups is 2. The third-order valence-electron chi connectivity index (χ3n) is 0.907. The van der Waals surface area contributed by atoms with Crippen molar-refractivity contribution in [3.05, 3.63) is 12.5 Å². The van der Waals surface area contributed by atoms with E-state index in [0.29, 0.717) is 5.69 Å². The van der Waals surface area contributed by atoms with Gasteiger partial charge >= 0.3 is 0 Å². The zero-order valence-electron chi connectivity index (χ0n) is 6.14. The smallest absolute Gasteiger partial charge is 0.223 e. The number of guanidine groups is 2. The fourth-order valence-corrected chi connectivity index (χ4v) is 0.544. The first-order valence-corrected chi connectivity index (χ1v) is 3.01. The Morgan fingerprint density at radius 1 is 1.42 bits per heavy atom. The second kappa shape index (κ2) is 3.37. The van der Waals surface area contributed by atoms with Gasteiger partial charge in [0.1, 0.15) is 12.0 Å². The molecular formula is C5H8N6O. The second-order valence-electron chi connectivity index (χ2n) is 1.89. The van der Waals surface area contributed by atoms with Crippen LogP contribution >= 0.6 is 0 Å². The van der Waals surface area contributed by atoms with Crippen molar-refractivity contribution in [2.45, 2.75) is 0 Å². The van der Waals surface area contributed by atoms with E-state index in [0.717, 1.165) is 0 Å². The standard InChI is InChI=1S/C5H8N6O/c6-4(7)11-5(8)10-3-1-9-12-2-3/h1-2H,(H6,6,7,8,10,11). The van der Waals surface area contributed by atoms with E-state index in [1.807, 2.05) is 0 Å². The predicted molar refractivity (Wildman–Crippen MR) is 43.6 cm³/mol. The quantitative estimate of drug-likeness (QED) is 0.362. The summed E-state index contributed by atoms with van der Waals surface area (Å²) in [5.41, 5.74) is 15.9. The summed E-state index contributed by atoms with van der Waals surface area (Å²) in [6, 6.07) is 0. The highest BCUT2D eigenvalue weighted by atomic mass is 16.5. The average molecular weight is 168 g/mol. The van der Waals surface area contributed by atoms with Gasteiger partial charge in [-0.1, -0.05) is 5.16 Å². The number of rotatable bonds is 1. The van der Waals surface area contributed by atoms with Gasteiger partial charge in [-0.05, 0) is 0 Å². The summed E-state index contributed by atoms with van der Waals surface area (Å²) in [5.74, 6) is -0.189. The Bertz CT molecular complexity index is 296. The van der Waals surface area contributed by atoms with E-state index < -0.39 is 0 Å². The van der Waals surface area contributed by atoms with E-state index in [1.54, 1.807) is 0 Å². The summed E-state index contributed by atoms with van der Waals surface area (Å²) in [6.45, 7) is 0. The lowest BCUT2D eigenvalue weighted by molar-refractivity contribution is 0.420. The molecule has 0 aromatic carbocycles. The van der Waals surface area contributed by atoms with Crippen LogP contribution in [0.1, 0.15) is 0 Å². The van der Waals surface area contributed by atoms with E-state index in [2.05, 4.69) is 19.7 Å². The number of nitrogens with zero attached hydrogens (tertiary/aromatic N) is 3. The van der Waals surface area contributed by atoms with Gasteiger partial charge in [-0.15, -0.1) is 0 Å². The molecule has 7 nitrogen and oxygen atoms in total. The van der Waals surface area contributed by atoms with Crippen molar-refractivity contribution >= 4 is 17.6 Å². The fraction of sp³-hybridized carbons (Fsp3) is 0. The Hall–Kier alpha value is -2.05. The molecule has 1 heterocycles. The fourth-order valence-electron chi connectivity index (χ4n) is 0.544. The molecule has 6 N–H and O–H groups in total. The first-order chi connectivity index (χ1) is 5.68. The molecule has 0 unspecified atom stereocenters. The van der Waals surface area contributed by atoms with Gasteiger partial charge in [0.15, 0.2) is 5.96 Å². The predicted octanol–water partition coefficient (Wildman–Crippen LogP) is -1.11. The Labute approximate surface area is 67.9 Å². The molecule has 1 aromatic heterocycles. The lowest BCUT2D eigenvalue weighted by atomic mass is 10.6. The van der Waals surface area contributed by atoms with Gasteiger partial charge in [0.2, 0.25) is 5.96 Å². The van der Waals surface area contributed by atoms with Crippen LogP contribution in [0.15, 0.2) is 27.0 Å². The van der Waals surface area contributed by atoms with Gasteiger partial charge in [0, 0.05) is 0 Å². The summed E-state index contributed by atoms with van der Waals surface area (Å²) < 4.78 is 4.50. The van der Waals surface area contributed by atoms with E-state index in [4.69, 9.17) is 17.2 Å². The van der Waals surface area contributed by atoms with Crippen molar-refractivity contribution < 1.29 is 4.52 Å². The summed E-state index contributed by atoms with van der Waals surface area (Å²) in [5, 5.41) is 3.41. The van der Waals surface area contributed by atoms with E-state index in [1.165, 1.54) is 12.5 Å². The zero-order valence-corrected chi connectivity index (χ0v) is 6.14. The summed E-state index contributed by atoms with van der Waals surface area (Å²) in [7, 11) is 0. The van der Waals surface area contributed by atoms with Crippen LogP contribution in [-0.2, 0) is 0 Å². The highest BCUT2D eigenvalue weighted by molar-refractivity contribution is 5.93.